The van der Waals surface area contributed by atoms with E-state index in [4.69, 9.17) is 4.74 Å². The molecule has 0 aliphatic carbocycles. The molecule has 2 aliphatic rings. The molecule has 2 aromatic rings. The maximum atomic E-state index is 13.0. The number of carbonyl (C=O) groups is 2. The highest BCUT2D eigenvalue weighted by Crippen LogP contribution is 2.24. The SMILES string of the molecule is Cc1ccc([C@@H](CN2CCOCC2)NC(=O)c2ccc3c(c2)CCC(=O)N3)cc1. The molecule has 2 heterocycles. The minimum atomic E-state index is -0.100. The van der Waals surface area contributed by atoms with Gasteiger partial charge in [0.1, 0.15) is 0 Å². The van der Waals surface area contributed by atoms with E-state index in [2.05, 4.69) is 46.7 Å². The molecule has 2 aromatic carbocycles. The Morgan fingerprint density at radius 2 is 1.90 bits per heavy atom. The van der Waals surface area contributed by atoms with Crippen LogP contribution in [0.2, 0.25) is 0 Å². The zero-order valence-corrected chi connectivity index (χ0v) is 16.7. The van der Waals surface area contributed by atoms with Gasteiger partial charge in [0.25, 0.3) is 5.91 Å². The van der Waals surface area contributed by atoms with Gasteiger partial charge >= 0.3 is 0 Å². The Balaban J connectivity index is 1.52. The van der Waals surface area contributed by atoms with Crippen LogP contribution in [0.4, 0.5) is 5.69 Å². The summed E-state index contributed by atoms with van der Waals surface area (Å²) < 4.78 is 5.45. The molecule has 2 N–H and O–H groups in total. The first-order chi connectivity index (χ1) is 14.1. The van der Waals surface area contributed by atoms with Gasteiger partial charge in [-0.3, -0.25) is 14.5 Å². The van der Waals surface area contributed by atoms with Crippen molar-refractivity contribution < 1.29 is 14.3 Å². The van der Waals surface area contributed by atoms with E-state index in [-0.39, 0.29) is 17.9 Å². The molecule has 2 amide bonds. The van der Waals surface area contributed by atoms with Gasteiger partial charge in [0.05, 0.1) is 19.3 Å². The molecule has 6 heteroatoms. The predicted molar refractivity (Wildman–Crippen MR) is 112 cm³/mol. The van der Waals surface area contributed by atoms with E-state index in [9.17, 15) is 9.59 Å². The number of anilines is 1. The highest BCUT2D eigenvalue weighted by Gasteiger charge is 2.22. The van der Waals surface area contributed by atoms with Crippen molar-refractivity contribution >= 4 is 17.5 Å². The molecule has 0 unspecified atom stereocenters. The second-order valence-electron chi connectivity index (χ2n) is 7.77. The molecule has 2 aliphatic heterocycles. The third-order valence-electron chi connectivity index (χ3n) is 5.59. The van der Waals surface area contributed by atoms with E-state index < -0.39 is 0 Å². The summed E-state index contributed by atoms with van der Waals surface area (Å²) in [6.07, 6.45) is 1.12. The zero-order chi connectivity index (χ0) is 20.2. The van der Waals surface area contributed by atoms with Crippen LogP contribution in [0.15, 0.2) is 42.5 Å². The highest BCUT2D eigenvalue weighted by molar-refractivity contribution is 5.98. The number of hydrogen-bond donors (Lipinski definition) is 2. The highest BCUT2D eigenvalue weighted by atomic mass is 16.5. The molecule has 0 radical (unpaired) electrons. The number of hydrogen-bond acceptors (Lipinski definition) is 4. The van der Waals surface area contributed by atoms with Crippen molar-refractivity contribution in [3.63, 3.8) is 0 Å². The summed E-state index contributed by atoms with van der Waals surface area (Å²) >= 11 is 0. The molecule has 6 nitrogen and oxygen atoms in total. The summed E-state index contributed by atoms with van der Waals surface area (Å²) in [6.45, 7) is 6.01. The number of amides is 2. The summed E-state index contributed by atoms with van der Waals surface area (Å²) in [4.78, 5) is 26.9. The number of morpholine rings is 1. The fourth-order valence-corrected chi connectivity index (χ4v) is 3.84. The van der Waals surface area contributed by atoms with Crippen LogP contribution in [-0.2, 0) is 16.0 Å². The van der Waals surface area contributed by atoms with Gasteiger partial charge in [-0.2, -0.15) is 0 Å². The van der Waals surface area contributed by atoms with Crippen molar-refractivity contribution in [1.29, 1.82) is 0 Å². The van der Waals surface area contributed by atoms with Crippen molar-refractivity contribution in [2.24, 2.45) is 0 Å². The Kier molecular flexibility index (Phi) is 5.92. The lowest BCUT2D eigenvalue weighted by molar-refractivity contribution is -0.116. The second kappa shape index (κ2) is 8.76. The molecule has 1 saturated heterocycles. The summed E-state index contributed by atoms with van der Waals surface area (Å²) in [5, 5.41) is 6.09. The third-order valence-corrected chi connectivity index (χ3v) is 5.59. The molecule has 0 saturated carbocycles. The van der Waals surface area contributed by atoms with Crippen LogP contribution in [0, 0.1) is 6.92 Å². The molecule has 1 atom stereocenters. The van der Waals surface area contributed by atoms with Crippen LogP contribution in [0.25, 0.3) is 0 Å². The van der Waals surface area contributed by atoms with E-state index in [1.54, 1.807) is 6.07 Å². The lowest BCUT2D eigenvalue weighted by Gasteiger charge is -2.31. The summed E-state index contributed by atoms with van der Waals surface area (Å²) in [6, 6.07) is 13.7. The van der Waals surface area contributed by atoms with E-state index in [1.807, 2.05) is 12.1 Å². The summed E-state index contributed by atoms with van der Waals surface area (Å²) in [5.41, 5.74) is 4.74. The maximum Gasteiger partial charge on any atom is 0.251 e. The Hall–Kier alpha value is -2.70. The number of ether oxygens (including phenoxy) is 1. The average molecular weight is 393 g/mol. The maximum absolute atomic E-state index is 13.0. The van der Waals surface area contributed by atoms with Crippen molar-refractivity contribution in [3.8, 4) is 0 Å². The summed E-state index contributed by atoms with van der Waals surface area (Å²) in [5.74, 6) is -0.0665. The fourth-order valence-electron chi connectivity index (χ4n) is 3.84. The first-order valence-corrected chi connectivity index (χ1v) is 10.2. The van der Waals surface area contributed by atoms with Crippen LogP contribution in [0.5, 0.6) is 0 Å². The zero-order valence-electron chi connectivity index (χ0n) is 16.7. The van der Waals surface area contributed by atoms with Gasteiger partial charge in [0, 0.05) is 37.3 Å². The first-order valence-electron chi connectivity index (χ1n) is 10.2. The van der Waals surface area contributed by atoms with Crippen LogP contribution >= 0.6 is 0 Å². The Bertz CT molecular complexity index is 889. The number of rotatable bonds is 5. The largest absolute Gasteiger partial charge is 0.379 e. The van der Waals surface area contributed by atoms with E-state index in [1.165, 1.54) is 5.56 Å². The van der Waals surface area contributed by atoms with Crippen LogP contribution in [-0.4, -0.2) is 49.6 Å². The van der Waals surface area contributed by atoms with Gasteiger partial charge in [-0.1, -0.05) is 29.8 Å². The van der Waals surface area contributed by atoms with Gasteiger partial charge < -0.3 is 15.4 Å². The average Bonchev–Trinajstić information content (AvgIpc) is 2.74. The molecule has 4 rings (SSSR count). The van der Waals surface area contributed by atoms with Gasteiger partial charge in [-0.15, -0.1) is 0 Å². The third kappa shape index (κ3) is 4.83. The quantitative estimate of drug-likeness (QED) is 0.819. The van der Waals surface area contributed by atoms with E-state index in [0.717, 1.165) is 49.7 Å². The minimum Gasteiger partial charge on any atom is -0.379 e. The van der Waals surface area contributed by atoms with Gasteiger partial charge in [-0.05, 0) is 42.7 Å². The van der Waals surface area contributed by atoms with E-state index in [0.29, 0.717) is 18.4 Å². The van der Waals surface area contributed by atoms with Crippen LogP contribution < -0.4 is 10.6 Å². The number of nitrogens with zero attached hydrogens (tertiary/aromatic N) is 1. The number of benzene rings is 2. The Labute approximate surface area is 171 Å². The molecule has 152 valence electrons. The van der Waals surface area contributed by atoms with Crippen molar-refractivity contribution in [3.05, 3.63) is 64.7 Å². The number of aryl methyl sites for hydroxylation is 2. The normalized spacial score (nSPS) is 17.9. The van der Waals surface area contributed by atoms with Crippen LogP contribution in [0.3, 0.4) is 0 Å². The van der Waals surface area contributed by atoms with E-state index >= 15 is 0 Å². The smallest absolute Gasteiger partial charge is 0.251 e. The molecule has 0 bridgehead atoms. The predicted octanol–water partition coefficient (Wildman–Crippen LogP) is 2.68. The number of fused-ring (bicyclic) bond motifs is 1. The van der Waals surface area contributed by atoms with Gasteiger partial charge in [0.2, 0.25) is 5.91 Å². The van der Waals surface area contributed by atoms with Crippen molar-refractivity contribution in [2.75, 3.05) is 38.2 Å². The van der Waals surface area contributed by atoms with Gasteiger partial charge in [0.15, 0.2) is 0 Å². The second-order valence-corrected chi connectivity index (χ2v) is 7.77. The van der Waals surface area contributed by atoms with Crippen molar-refractivity contribution in [2.45, 2.75) is 25.8 Å². The van der Waals surface area contributed by atoms with Crippen LogP contribution in [0.1, 0.15) is 39.5 Å². The number of carbonyl (C=O) groups excluding carboxylic acids is 2. The topological polar surface area (TPSA) is 70.7 Å². The van der Waals surface area contributed by atoms with Crippen molar-refractivity contribution in [1.82, 2.24) is 10.2 Å². The number of nitrogens with one attached hydrogen (secondary N) is 2. The summed E-state index contributed by atoms with van der Waals surface area (Å²) in [7, 11) is 0. The molecular formula is C23H27N3O3. The monoisotopic (exact) mass is 393 g/mol. The fraction of sp³-hybridized carbons (Fsp3) is 0.391. The lowest BCUT2D eigenvalue weighted by Crippen LogP contribution is -2.43. The lowest BCUT2D eigenvalue weighted by atomic mass is 9.99. The Morgan fingerprint density at radius 3 is 2.66 bits per heavy atom. The molecule has 0 spiro atoms. The standard InChI is InChI=1S/C23H27N3O3/c1-16-2-4-17(5-3-16)21(15-26-10-12-29-13-11-26)25-23(28)19-6-8-20-18(14-19)7-9-22(27)24-20/h2-6,8,14,21H,7,9-13,15H2,1H3,(H,24,27)(H,25,28)/t21-/m1/s1. The molecular weight excluding hydrogens is 366 g/mol. The molecule has 0 aromatic heterocycles. The first kappa shape index (κ1) is 19.6. The molecule has 1 fully saturated rings. The minimum absolute atomic E-state index is 0.0275. The molecule has 29 heavy (non-hydrogen) atoms. The van der Waals surface area contributed by atoms with Gasteiger partial charge in [-0.25, -0.2) is 0 Å². The Morgan fingerprint density at radius 1 is 1.14 bits per heavy atom.